The third kappa shape index (κ3) is 3.45. The molecule has 0 fully saturated rings. The van der Waals surface area contributed by atoms with Crippen LogP contribution in [0.25, 0.3) is 0 Å². The maximum absolute atomic E-state index is 12.4. The molecule has 126 valence electrons. The van der Waals surface area contributed by atoms with Gasteiger partial charge in [0.15, 0.2) is 0 Å². The van der Waals surface area contributed by atoms with Crippen LogP contribution in [0.15, 0.2) is 35.2 Å². The molecule has 0 saturated heterocycles. The second-order valence-electron chi connectivity index (χ2n) is 5.02. The molecule has 0 aromatic heterocycles. The summed E-state index contributed by atoms with van der Waals surface area (Å²) in [5.74, 6) is -0.176. The van der Waals surface area contributed by atoms with E-state index in [1.165, 1.54) is 30.3 Å². The van der Waals surface area contributed by atoms with Gasteiger partial charge in [0.2, 0.25) is 5.91 Å². The Morgan fingerprint density at radius 1 is 1.04 bits per heavy atom. The maximum Gasteiger partial charge on any atom is 0.257 e. The Morgan fingerprint density at radius 2 is 1.71 bits per heavy atom. The number of amides is 1. The van der Waals surface area contributed by atoms with E-state index in [4.69, 9.17) is 34.8 Å². The summed E-state index contributed by atoms with van der Waals surface area (Å²) >= 11 is 17.8. The number of halogens is 3. The molecule has 1 amide bonds. The van der Waals surface area contributed by atoms with Crippen LogP contribution in [0.5, 0.6) is 0 Å². The molecule has 1 aliphatic rings. The minimum atomic E-state index is -3.89. The number of carbonyl (C=O) groups excluding carboxylic acids is 1. The molecule has 0 aliphatic carbocycles. The number of hydrogen-bond donors (Lipinski definition) is 3. The third-order valence-electron chi connectivity index (χ3n) is 3.33. The molecule has 3 N–H and O–H groups in total. The summed E-state index contributed by atoms with van der Waals surface area (Å²) in [4.78, 5) is 13.6. The summed E-state index contributed by atoms with van der Waals surface area (Å²) in [6.07, 6.45) is 0.140. The average molecular weight is 407 g/mol. The van der Waals surface area contributed by atoms with Gasteiger partial charge in [-0.3, -0.25) is 4.79 Å². The van der Waals surface area contributed by atoms with Crippen molar-refractivity contribution in [2.75, 3.05) is 10.7 Å². The van der Waals surface area contributed by atoms with Crippen molar-refractivity contribution >= 4 is 62.1 Å². The zero-order valence-corrected chi connectivity index (χ0v) is 14.9. The molecule has 0 saturated carbocycles. The number of anilines is 2. The molecule has 0 spiro atoms. The Labute approximate surface area is 153 Å². The second-order valence-corrected chi connectivity index (χ2v) is 7.95. The number of carbonyl (C=O) groups is 1. The van der Waals surface area contributed by atoms with Gasteiger partial charge in [-0.25, -0.2) is 8.42 Å². The van der Waals surface area contributed by atoms with E-state index in [0.717, 1.165) is 0 Å². The SMILES string of the molecule is O=C1Cc2cc(S(=O)(=O)NNc3c(Cl)cc(Cl)cc3Cl)ccc2N1. The van der Waals surface area contributed by atoms with Gasteiger partial charge in [0.25, 0.3) is 10.0 Å². The van der Waals surface area contributed by atoms with Crippen molar-refractivity contribution in [3.05, 3.63) is 51.0 Å². The number of rotatable bonds is 4. The number of fused-ring (bicyclic) bond motifs is 1. The molecule has 0 atom stereocenters. The largest absolute Gasteiger partial charge is 0.326 e. The standard InChI is InChI=1S/C14H10Cl3N3O3S/c15-8-5-10(16)14(11(17)6-8)19-20-24(22,23)9-1-2-12-7(3-9)4-13(21)18-12/h1-3,5-6,19-20H,4H2,(H,18,21). The number of nitrogens with one attached hydrogen (secondary N) is 3. The summed E-state index contributed by atoms with van der Waals surface area (Å²) < 4.78 is 24.8. The Kier molecular flexibility index (Phi) is 4.63. The lowest BCUT2D eigenvalue weighted by Gasteiger charge is -2.13. The molecular formula is C14H10Cl3N3O3S. The first kappa shape index (κ1) is 17.3. The van der Waals surface area contributed by atoms with E-state index >= 15 is 0 Å². The van der Waals surface area contributed by atoms with Gasteiger partial charge in [0, 0.05) is 10.7 Å². The monoisotopic (exact) mass is 405 g/mol. The highest BCUT2D eigenvalue weighted by Gasteiger charge is 2.22. The summed E-state index contributed by atoms with van der Waals surface area (Å²) in [5.41, 5.74) is 3.89. The molecule has 10 heteroatoms. The lowest BCUT2D eigenvalue weighted by atomic mass is 10.2. The van der Waals surface area contributed by atoms with E-state index in [-0.39, 0.29) is 33.0 Å². The molecule has 3 rings (SSSR count). The fourth-order valence-corrected chi connectivity index (χ4v) is 4.02. The minimum Gasteiger partial charge on any atom is -0.326 e. The molecular weight excluding hydrogens is 397 g/mol. The van der Waals surface area contributed by atoms with Crippen molar-refractivity contribution in [2.24, 2.45) is 0 Å². The van der Waals surface area contributed by atoms with E-state index in [1.807, 2.05) is 0 Å². The van der Waals surface area contributed by atoms with E-state index in [9.17, 15) is 13.2 Å². The van der Waals surface area contributed by atoms with E-state index in [2.05, 4.69) is 15.6 Å². The lowest BCUT2D eigenvalue weighted by molar-refractivity contribution is -0.115. The van der Waals surface area contributed by atoms with Crippen molar-refractivity contribution in [2.45, 2.75) is 11.3 Å². The van der Waals surface area contributed by atoms with Crippen molar-refractivity contribution in [3.8, 4) is 0 Å². The average Bonchev–Trinajstić information content (AvgIpc) is 2.85. The van der Waals surface area contributed by atoms with E-state index in [0.29, 0.717) is 16.3 Å². The highest BCUT2D eigenvalue weighted by molar-refractivity contribution is 7.89. The predicted molar refractivity (Wildman–Crippen MR) is 94.2 cm³/mol. The Balaban J connectivity index is 1.83. The van der Waals surface area contributed by atoms with Gasteiger partial charge in [-0.2, -0.15) is 0 Å². The molecule has 0 radical (unpaired) electrons. The minimum absolute atomic E-state index is 0.00598. The van der Waals surface area contributed by atoms with Crippen molar-refractivity contribution in [1.29, 1.82) is 0 Å². The molecule has 24 heavy (non-hydrogen) atoms. The van der Waals surface area contributed by atoms with Crippen LogP contribution < -0.4 is 15.6 Å². The normalized spacial score (nSPS) is 13.5. The molecule has 2 aromatic rings. The topological polar surface area (TPSA) is 87.3 Å². The molecule has 0 unspecified atom stereocenters. The first-order valence-corrected chi connectivity index (χ1v) is 9.23. The quantitative estimate of drug-likeness (QED) is 0.679. The van der Waals surface area contributed by atoms with Crippen molar-refractivity contribution in [1.82, 2.24) is 4.83 Å². The second kappa shape index (κ2) is 6.42. The number of sulfonamides is 1. The van der Waals surface area contributed by atoms with Gasteiger partial charge >= 0.3 is 0 Å². The van der Waals surface area contributed by atoms with E-state index < -0.39 is 10.0 Å². The summed E-state index contributed by atoms with van der Waals surface area (Å²) in [5, 5.41) is 3.30. The van der Waals surface area contributed by atoms with Crippen LogP contribution in [0.4, 0.5) is 11.4 Å². The van der Waals surface area contributed by atoms with Crippen LogP contribution in [-0.2, 0) is 21.2 Å². The van der Waals surface area contributed by atoms with Gasteiger partial charge < -0.3 is 10.7 Å². The smallest absolute Gasteiger partial charge is 0.257 e. The predicted octanol–water partition coefficient (Wildman–Crippen LogP) is 3.45. The number of hydrogen-bond acceptors (Lipinski definition) is 4. The molecule has 2 aromatic carbocycles. The Hall–Kier alpha value is -1.51. The summed E-state index contributed by atoms with van der Waals surface area (Å²) in [6, 6.07) is 7.22. The highest BCUT2D eigenvalue weighted by atomic mass is 35.5. The van der Waals surface area contributed by atoms with Gasteiger partial charge in [0.05, 0.1) is 27.0 Å². The van der Waals surface area contributed by atoms with Crippen molar-refractivity contribution < 1.29 is 13.2 Å². The highest BCUT2D eigenvalue weighted by Crippen LogP contribution is 2.33. The Bertz CT molecular complexity index is 925. The molecule has 1 heterocycles. The zero-order chi connectivity index (χ0) is 17.5. The van der Waals surface area contributed by atoms with Crippen LogP contribution >= 0.6 is 34.8 Å². The van der Waals surface area contributed by atoms with Gasteiger partial charge in [-0.15, -0.1) is 4.83 Å². The molecule has 1 aliphatic heterocycles. The van der Waals surface area contributed by atoms with Gasteiger partial charge in [-0.1, -0.05) is 34.8 Å². The lowest BCUT2D eigenvalue weighted by Crippen LogP contribution is -2.29. The van der Waals surface area contributed by atoms with Crippen LogP contribution in [0.1, 0.15) is 5.56 Å². The van der Waals surface area contributed by atoms with Crippen LogP contribution in [0, 0.1) is 0 Å². The first-order chi connectivity index (χ1) is 11.3. The van der Waals surface area contributed by atoms with Gasteiger partial charge in [-0.05, 0) is 35.9 Å². The maximum atomic E-state index is 12.4. The van der Waals surface area contributed by atoms with Crippen LogP contribution in [-0.4, -0.2) is 14.3 Å². The van der Waals surface area contributed by atoms with Crippen LogP contribution in [0.3, 0.4) is 0 Å². The molecule has 0 bridgehead atoms. The van der Waals surface area contributed by atoms with Crippen LogP contribution in [0.2, 0.25) is 15.1 Å². The van der Waals surface area contributed by atoms with Crippen molar-refractivity contribution in [3.63, 3.8) is 0 Å². The zero-order valence-electron chi connectivity index (χ0n) is 11.9. The Morgan fingerprint density at radius 3 is 2.38 bits per heavy atom. The third-order valence-corrected chi connectivity index (χ3v) is 5.39. The molecule has 6 nitrogen and oxygen atoms in total. The van der Waals surface area contributed by atoms with E-state index in [1.54, 1.807) is 0 Å². The summed E-state index contributed by atoms with van der Waals surface area (Å²) in [7, 11) is -3.89. The number of benzene rings is 2. The fraction of sp³-hybridized carbons (Fsp3) is 0.0714. The first-order valence-electron chi connectivity index (χ1n) is 6.61. The van der Waals surface area contributed by atoms with Gasteiger partial charge in [0.1, 0.15) is 0 Å². The number of hydrazine groups is 1. The summed E-state index contributed by atoms with van der Waals surface area (Å²) in [6.45, 7) is 0. The fourth-order valence-electron chi connectivity index (χ4n) is 2.21.